The van der Waals surface area contributed by atoms with E-state index in [1.807, 2.05) is 25.1 Å². The number of nitrogens with one attached hydrogen (secondary N) is 1. The summed E-state index contributed by atoms with van der Waals surface area (Å²) in [4.78, 5) is 0. The van der Waals surface area contributed by atoms with Crippen LogP contribution < -0.4 is 14.8 Å². The Labute approximate surface area is 127 Å². The zero-order valence-electron chi connectivity index (χ0n) is 12.3. The van der Waals surface area contributed by atoms with Crippen molar-refractivity contribution < 1.29 is 22.6 Å². The highest BCUT2D eigenvalue weighted by atomic mass is 32.2. The van der Waals surface area contributed by atoms with Gasteiger partial charge in [-0.1, -0.05) is 6.07 Å². The maximum Gasteiger partial charge on any atom is 0.441 e. The Bertz CT molecular complexity index is 441. The molecule has 1 N–H and O–H groups in total. The van der Waals surface area contributed by atoms with Crippen molar-refractivity contribution in [1.82, 2.24) is 5.32 Å². The Hall–Kier alpha value is -1.08. The summed E-state index contributed by atoms with van der Waals surface area (Å²) in [7, 11) is 3.14. The van der Waals surface area contributed by atoms with Crippen molar-refractivity contribution in [2.24, 2.45) is 0 Å². The third-order valence-corrected chi connectivity index (χ3v) is 3.59. The summed E-state index contributed by atoms with van der Waals surface area (Å²) in [5.74, 6) is 1.32. The van der Waals surface area contributed by atoms with E-state index < -0.39 is 5.51 Å². The fourth-order valence-corrected chi connectivity index (χ4v) is 2.36. The molecular formula is C14H20F3NO2S. The van der Waals surface area contributed by atoms with Crippen LogP contribution in [0.5, 0.6) is 11.5 Å². The summed E-state index contributed by atoms with van der Waals surface area (Å²) in [5.41, 5.74) is -3.12. The molecule has 0 aliphatic rings. The predicted octanol–water partition coefficient (Wildman–Crippen LogP) is 3.48. The summed E-state index contributed by atoms with van der Waals surface area (Å²) >= 11 is -0.00617. The summed E-state index contributed by atoms with van der Waals surface area (Å²) in [6.07, 6.45) is 0.705. The zero-order chi connectivity index (χ0) is 15.9. The third-order valence-electron chi connectivity index (χ3n) is 2.85. The summed E-state index contributed by atoms with van der Waals surface area (Å²) < 4.78 is 46.4. The molecule has 1 atom stereocenters. The largest absolute Gasteiger partial charge is 0.493 e. The number of thioether (sulfide) groups is 1. The Balaban J connectivity index is 2.42. The van der Waals surface area contributed by atoms with Crippen LogP contribution in [0.15, 0.2) is 18.2 Å². The molecule has 0 aromatic heterocycles. The smallest absolute Gasteiger partial charge is 0.441 e. The number of ether oxygens (including phenoxy) is 2. The van der Waals surface area contributed by atoms with E-state index in [0.717, 1.165) is 5.56 Å². The fourth-order valence-electron chi connectivity index (χ4n) is 1.91. The van der Waals surface area contributed by atoms with E-state index in [1.165, 1.54) is 0 Å². The second-order valence-electron chi connectivity index (χ2n) is 4.54. The van der Waals surface area contributed by atoms with Gasteiger partial charge in [-0.05, 0) is 42.8 Å². The molecule has 0 radical (unpaired) electrons. The van der Waals surface area contributed by atoms with Gasteiger partial charge in [0.25, 0.3) is 0 Å². The fraction of sp³-hybridized carbons (Fsp3) is 0.571. The minimum absolute atomic E-state index is 0.00617. The van der Waals surface area contributed by atoms with Crippen molar-refractivity contribution >= 4 is 11.8 Å². The number of halogens is 3. The van der Waals surface area contributed by atoms with Crippen molar-refractivity contribution in [3.05, 3.63) is 23.8 Å². The van der Waals surface area contributed by atoms with Crippen LogP contribution in [0.25, 0.3) is 0 Å². The van der Waals surface area contributed by atoms with Crippen molar-refractivity contribution in [2.45, 2.75) is 24.9 Å². The standard InChI is InChI=1S/C14H20F3NO2S/c1-10(18-6-7-21-14(15,16)17)8-11-4-5-12(19-2)13(9-11)20-3/h4-5,9-10,18H,6-8H2,1-3H3. The highest BCUT2D eigenvalue weighted by Crippen LogP contribution is 2.29. The van der Waals surface area contributed by atoms with Crippen molar-refractivity contribution in [2.75, 3.05) is 26.5 Å². The van der Waals surface area contributed by atoms with Crippen molar-refractivity contribution in [3.8, 4) is 11.5 Å². The van der Waals surface area contributed by atoms with Gasteiger partial charge in [0.1, 0.15) is 0 Å². The lowest BCUT2D eigenvalue weighted by Gasteiger charge is -2.15. The average molecular weight is 323 g/mol. The molecule has 7 heteroatoms. The van der Waals surface area contributed by atoms with Gasteiger partial charge in [0.15, 0.2) is 11.5 Å². The molecule has 0 saturated carbocycles. The number of hydrogen-bond acceptors (Lipinski definition) is 4. The Morgan fingerprint density at radius 3 is 2.43 bits per heavy atom. The number of methoxy groups -OCH3 is 2. The van der Waals surface area contributed by atoms with Crippen LogP contribution in [0.1, 0.15) is 12.5 Å². The Morgan fingerprint density at radius 1 is 1.19 bits per heavy atom. The van der Waals surface area contributed by atoms with E-state index in [4.69, 9.17) is 9.47 Å². The summed E-state index contributed by atoms with van der Waals surface area (Å²) in [6, 6.07) is 5.70. The maximum absolute atomic E-state index is 12.0. The first-order valence-electron chi connectivity index (χ1n) is 6.50. The second kappa shape index (κ2) is 8.38. The molecule has 1 rings (SSSR count). The molecule has 0 aliphatic carbocycles. The van der Waals surface area contributed by atoms with Gasteiger partial charge in [0.05, 0.1) is 14.2 Å². The van der Waals surface area contributed by atoms with Gasteiger partial charge in [-0.15, -0.1) is 0 Å². The van der Waals surface area contributed by atoms with Crippen LogP contribution >= 0.6 is 11.8 Å². The summed E-state index contributed by atoms with van der Waals surface area (Å²) in [6.45, 7) is 2.26. The van der Waals surface area contributed by atoms with E-state index in [1.54, 1.807) is 14.2 Å². The SMILES string of the molecule is COc1ccc(CC(C)NCCSC(F)(F)F)cc1OC. The van der Waals surface area contributed by atoms with Crippen LogP contribution in [0.2, 0.25) is 0 Å². The molecule has 0 aliphatic heterocycles. The third kappa shape index (κ3) is 6.95. The monoisotopic (exact) mass is 323 g/mol. The maximum atomic E-state index is 12.0. The minimum Gasteiger partial charge on any atom is -0.493 e. The average Bonchev–Trinajstić information content (AvgIpc) is 2.42. The molecule has 0 heterocycles. The van der Waals surface area contributed by atoms with Gasteiger partial charge in [-0.25, -0.2) is 0 Å². The molecule has 0 spiro atoms. The quantitative estimate of drug-likeness (QED) is 0.742. The van der Waals surface area contributed by atoms with Gasteiger partial charge in [-0.2, -0.15) is 13.2 Å². The van der Waals surface area contributed by atoms with Gasteiger partial charge in [0.2, 0.25) is 0 Å². The number of alkyl halides is 3. The van der Waals surface area contributed by atoms with Crippen LogP contribution in [0, 0.1) is 0 Å². The number of hydrogen-bond donors (Lipinski definition) is 1. The molecular weight excluding hydrogens is 303 g/mol. The first kappa shape index (κ1) is 18.0. The first-order valence-corrected chi connectivity index (χ1v) is 7.49. The lowest BCUT2D eigenvalue weighted by Crippen LogP contribution is -2.30. The molecule has 0 amide bonds. The second-order valence-corrected chi connectivity index (χ2v) is 5.70. The zero-order valence-corrected chi connectivity index (χ0v) is 13.1. The van der Waals surface area contributed by atoms with E-state index in [9.17, 15) is 13.2 Å². The van der Waals surface area contributed by atoms with Gasteiger partial charge >= 0.3 is 5.51 Å². The molecule has 120 valence electrons. The topological polar surface area (TPSA) is 30.5 Å². The molecule has 21 heavy (non-hydrogen) atoms. The Morgan fingerprint density at radius 2 is 1.86 bits per heavy atom. The first-order chi connectivity index (χ1) is 9.85. The highest BCUT2D eigenvalue weighted by molar-refractivity contribution is 8.00. The summed E-state index contributed by atoms with van der Waals surface area (Å²) in [5, 5.41) is 3.08. The van der Waals surface area contributed by atoms with Crippen LogP contribution in [0.3, 0.4) is 0 Å². The predicted molar refractivity (Wildman–Crippen MR) is 79.2 cm³/mol. The molecule has 1 unspecified atom stereocenters. The molecule has 1 aromatic carbocycles. The molecule has 3 nitrogen and oxygen atoms in total. The highest BCUT2D eigenvalue weighted by Gasteiger charge is 2.27. The minimum atomic E-state index is -4.16. The molecule has 1 aromatic rings. The number of rotatable bonds is 8. The van der Waals surface area contributed by atoms with E-state index in [-0.39, 0.29) is 23.6 Å². The molecule has 0 saturated heterocycles. The van der Waals surface area contributed by atoms with Gasteiger partial charge in [-0.3, -0.25) is 0 Å². The lowest BCUT2D eigenvalue weighted by atomic mass is 10.1. The van der Waals surface area contributed by atoms with Crippen molar-refractivity contribution in [1.29, 1.82) is 0 Å². The van der Waals surface area contributed by atoms with E-state index in [2.05, 4.69) is 5.32 Å². The van der Waals surface area contributed by atoms with Crippen LogP contribution in [0.4, 0.5) is 13.2 Å². The van der Waals surface area contributed by atoms with E-state index in [0.29, 0.717) is 24.5 Å². The lowest BCUT2D eigenvalue weighted by molar-refractivity contribution is -0.0327. The van der Waals surface area contributed by atoms with E-state index >= 15 is 0 Å². The normalized spacial score (nSPS) is 13.0. The Kier molecular flexibility index (Phi) is 7.17. The van der Waals surface area contributed by atoms with Crippen molar-refractivity contribution in [3.63, 3.8) is 0 Å². The number of benzene rings is 1. The van der Waals surface area contributed by atoms with Gasteiger partial charge < -0.3 is 14.8 Å². The molecule has 0 bridgehead atoms. The van der Waals surface area contributed by atoms with Crippen LogP contribution in [-0.2, 0) is 6.42 Å². The van der Waals surface area contributed by atoms with Gasteiger partial charge in [0, 0.05) is 18.3 Å². The molecule has 0 fully saturated rings. The van der Waals surface area contributed by atoms with Crippen LogP contribution in [-0.4, -0.2) is 38.1 Å².